The maximum atomic E-state index is 15.4. The van der Waals surface area contributed by atoms with Gasteiger partial charge in [-0.1, -0.05) is 6.07 Å². The monoisotopic (exact) mass is 636 g/mol. The van der Waals surface area contributed by atoms with E-state index in [9.17, 15) is 14.0 Å². The molecule has 46 heavy (non-hydrogen) atoms. The number of benzene rings is 2. The number of pyridine rings is 1. The molecule has 1 amide bonds. The number of carbonyl (C=O) groups is 1. The molecular formula is C35H42F2N4O5. The van der Waals surface area contributed by atoms with Crippen molar-refractivity contribution in [3.05, 3.63) is 80.9 Å². The number of fused-ring (bicyclic) bond motifs is 1. The van der Waals surface area contributed by atoms with Gasteiger partial charge in [0.2, 0.25) is 5.82 Å². The summed E-state index contributed by atoms with van der Waals surface area (Å²) in [5.41, 5.74) is 3.58. The van der Waals surface area contributed by atoms with Crippen LogP contribution in [0.5, 0.6) is 5.75 Å². The Morgan fingerprint density at radius 1 is 1.11 bits per heavy atom. The second-order valence-corrected chi connectivity index (χ2v) is 13.1. The van der Waals surface area contributed by atoms with Crippen LogP contribution in [0.4, 0.5) is 13.6 Å². The van der Waals surface area contributed by atoms with E-state index in [1.807, 2.05) is 18.7 Å². The Kier molecular flexibility index (Phi) is 9.01. The number of halogens is 2. The molecule has 246 valence electrons. The van der Waals surface area contributed by atoms with Gasteiger partial charge in [-0.25, -0.2) is 9.18 Å². The van der Waals surface area contributed by atoms with E-state index in [1.165, 1.54) is 21.6 Å². The lowest BCUT2D eigenvalue weighted by Crippen LogP contribution is -2.37. The third kappa shape index (κ3) is 6.25. The molecule has 11 heteroatoms. The molecule has 2 aromatic carbocycles. The minimum Gasteiger partial charge on any atom is -0.489 e. The number of ether oxygens (including phenoxy) is 3. The van der Waals surface area contributed by atoms with Crippen molar-refractivity contribution in [2.45, 2.75) is 71.1 Å². The Labute approximate surface area is 267 Å². The fourth-order valence-corrected chi connectivity index (χ4v) is 5.99. The van der Waals surface area contributed by atoms with Crippen molar-refractivity contribution in [3.63, 3.8) is 0 Å². The molecule has 1 aliphatic rings. The molecule has 0 bridgehead atoms. The van der Waals surface area contributed by atoms with Crippen molar-refractivity contribution < 1.29 is 27.8 Å². The maximum absolute atomic E-state index is 15.4. The smallest absolute Gasteiger partial charge is 0.410 e. The first kappa shape index (κ1) is 33.1. The summed E-state index contributed by atoms with van der Waals surface area (Å²) in [7, 11) is 6.83. The number of nitrogens with zero attached hydrogens (tertiary/aromatic N) is 4. The molecule has 0 unspecified atom stereocenters. The van der Waals surface area contributed by atoms with Gasteiger partial charge >= 0.3 is 6.09 Å². The van der Waals surface area contributed by atoms with Crippen LogP contribution in [0, 0.1) is 18.6 Å². The van der Waals surface area contributed by atoms with Crippen LogP contribution in [0.2, 0.25) is 0 Å². The first-order valence-corrected chi connectivity index (χ1v) is 15.4. The van der Waals surface area contributed by atoms with Crippen molar-refractivity contribution in [3.8, 4) is 16.9 Å². The molecular weight excluding hydrogens is 594 g/mol. The summed E-state index contributed by atoms with van der Waals surface area (Å²) in [6, 6.07) is 9.32. The van der Waals surface area contributed by atoms with E-state index in [-0.39, 0.29) is 24.5 Å². The summed E-state index contributed by atoms with van der Waals surface area (Å²) in [5, 5.41) is 5.41. The number of amides is 1. The van der Waals surface area contributed by atoms with Crippen LogP contribution in [0.1, 0.15) is 62.5 Å². The van der Waals surface area contributed by atoms with Gasteiger partial charge in [-0.05, 0) is 82.3 Å². The molecule has 1 saturated carbocycles. The van der Waals surface area contributed by atoms with Crippen LogP contribution in [-0.4, -0.2) is 51.7 Å². The van der Waals surface area contributed by atoms with Gasteiger partial charge in [-0.3, -0.25) is 9.48 Å². The largest absolute Gasteiger partial charge is 0.489 e. The van der Waals surface area contributed by atoms with E-state index < -0.39 is 28.9 Å². The van der Waals surface area contributed by atoms with Gasteiger partial charge in [-0.15, -0.1) is 0 Å². The van der Waals surface area contributed by atoms with Crippen LogP contribution >= 0.6 is 0 Å². The second kappa shape index (κ2) is 12.5. The highest BCUT2D eigenvalue weighted by molar-refractivity contribution is 5.89. The van der Waals surface area contributed by atoms with Gasteiger partial charge in [0.15, 0.2) is 11.6 Å². The standard InChI is InChI=1S/C35H42F2N4O5/c1-21-24(32(38-41(21)7)35(44-8)15-9-16-35)14-17-45-31-25(11-12-27(36)30(31)37)22-10-13-28-26(18-22)23(19-29(42)40(28)6)20-39(5)33(43)46-34(2,3)4/h10-13,18-19H,9,14-17,20H2,1-8H3. The summed E-state index contributed by atoms with van der Waals surface area (Å²) < 4.78 is 50.7. The molecule has 0 radical (unpaired) electrons. The number of aryl methyl sites for hydroxylation is 2. The SMILES string of the molecule is COC1(c2nn(C)c(C)c2CCOc2c(-c3ccc4c(c3)c(CN(C)C(=O)OC(C)(C)C)cc(=O)n4C)ccc(F)c2F)CCC1. The first-order chi connectivity index (χ1) is 21.7. The van der Waals surface area contributed by atoms with Gasteiger partial charge in [-0.2, -0.15) is 9.49 Å². The van der Waals surface area contributed by atoms with Crippen LogP contribution in [0.25, 0.3) is 22.0 Å². The van der Waals surface area contributed by atoms with E-state index in [2.05, 4.69) is 0 Å². The highest BCUT2D eigenvalue weighted by atomic mass is 19.2. The Morgan fingerprint density at radius 3 is 2.46 bits per heavy atom. The zero-order valence-corrected chi connectivity index (χ0v) is 27.8. The molecule has 0 atom stereocenters. The van der Waals surface area contributed by atoms with E-state index in [0.29, 0.717) is 34.0 Å². The summed E-state index contributed by atoms with van der Waals surface area (Å²) in [6.45, 7) is 7.50. The molecule has 0 aliphatic heterocycles. The highest BCUT2D eigenvalue weighted by Crippen LogP contribution is 2.45. The topological polar surface area (TPSA) is 87.8 Å². The average molecular weight is 637 g/mol. The molecule has 0 N–H and O–H groups in total. The second-order valence-electron chi connectivity index (χ2n) is 13.1. The minimum absolute atomic E-state index is 0.0840. The quantitative estimate of drug-likeness (QED) is 0.207. The average Bonchev–Trinajstić information content (AvgIpc) is 3.25. The van der Waals surface area contributed by atoms with Gasteiger partial charge in [0.1, 0.15) is 11.2 Å². The predicted octanol–water partition coefficient (Wildman–Crippen LogP) is 6.54. The van der Waals surface area contributed by atoms with Gasteiger partial charge in [0.25, 0.3) is 5.56 Å². The Hall–Kier alpha value is -4.25. The molecule has 0 spiro atoms. The van der Waals surface area contributed by atoms with Crippen molar-refractivity contribution in [1.82, 2.24) is 19.2 Å². The van der Waals surface area contributed by atoms with E-state index >= 15 is 4.39 Å². The van der Waals surface area contributed by atoms with Crippen molar-refractivity contribution >= 4 is 17.0 Å². The van der Waals surface area contributed by atoms with Crippen molar-refractivity contribution in [2.75, 3.05) is 20.8 Å². The van der Waals surface area contributed by atoms with E-state index in [4.69, 9.17) is 19.3 Å². The molecule has 4 aromatic rings. The molecule has 9 nitrogen and oxygen atoms in total. The molecule has 1 aliphatic carbocycles. The third-order valence-electron chi connectivity index (χ3n) is 8.85. The lowest BCUT2D eigenvalue weighted by Gasteiger charge is -2.39. The molecule has 5 rings (SSSR count). The number of hydrogen-bond donors (Lipinski definition) is 0. The first-order valence-electron chi connectivity index (χ1n) is 15.4. The molecule has 1 fully saturated rings. The molecule has 2 heterocycles. The number of aromatic nitrogens is 3. The number of hydrogen-bond acceptors (Lipinski definition) is 6. The molecule has 0 saturated heterocycles. The summed E-state index contributed by atoms with van der Waals surface area (Å²) in [4.78, 5) is 26.9. The zero-order valence-electron chi connectivity index (χ0n) is 27.8. The lowest BCUT2D eigenvalue weighted by molar-refractivity contribution is -0.0820. The summed E-state index contributed by atoms with van der Waals surface area (Å²) >= 11 is 0. The van der Waals surface area contributed by atoms with Crippen LogP contribution in [0.3, 0.4) is 0 Å². The molecule has 2 aromatic heterocycles. The number of rotatable bonds is 9. The lowest BCUT2D eigenvalue weighted by atomic mass is 9.76. The predicted molar refractivity (Wildman–Crippen MR) is 172 cm³/mol. The Morgan fingerprint density at radius 2 is 1.83 bits per heavy atom. The Balaban J connectivity index is 1.49. The van der Waals surface area contributed by atoms with Crippen LogP contribution in [-0.2, 0) is 42.1 Å². The fourth-order valence-electron chi connectivity index (χ4n) is 5.99. The zero-order chi connectivity index (χ0) is 33.6. The van der Waals surface area contributed by atoms with Crippen LogP contribution < -0.4 is 10.3 Å². The summed E-state index contributed by atoms with van der Waals surface area (Å²) in [6.07, 6.45) is 2.70. The fraction of sp³-hybridized carbons (Fsp3) is 0.457. The highest BCUT2D eigenvalue weighted by Gasteiger charge is 2.43. The minimum atomic E-state index is -1.08. The third-order valence-corrected chi connectivity index (χ3v) is 8.85. The normalized spacial score (nSPS) is 14.3. The van der Waals surface area contributed by atoms with Gasteiger partial charge < -0.3 is 23.7 Å². The van der Waals surface area contributed by atoms with E-state index in [1.54, 1.807) is 60.2 Å². The van der Waals surface area contributed by atoms with Gasteiger partial charge in [0, 0.05) is 69.5 Å². The van der Waals surface area contributed by atoms with Crippen LogP contribution in [0.15, 0.2) is 41.2 Å². The number of methoxy groups -OCH3 is 1. The Bertz CT molecular complexity index is 1850. The maximum Gasteiger partial charge on any atom is 0.410 e. The van der Waals surface area contributed by atoms with E-state index in [0.717, 1.165) is 42.3 Å². The van der Waals surface area contributed by atoms with Gasteiger partial charge in [0.05, 0.1) is 17.8 Å². The van der Waals surface area contributed by atoms with Crippen molar-refractivity contribution in [2.24, 2.45) is 14.1 Å². The van der Waals surface area contributed by atoms with Crippen molar-refractivity contribution in [1.29, 1.82) is 0 Å². The summed E-state index contributed by atoms with van der Waals surface area (Å²) in [5.74, 6) is -2.31. The number of carbonyl (C=O) groups excluding carboxylic acids is 1.